The van der Waals surface area contributed by atoms with Gasteiger partial charge < -0.3 is 5.11 Å². The van der Waals surface area contributed by atoms with E-state index in [0.29, 0.717) is 38.3 Å². The number of hydrogen-bond acceptors (Lipinski definition) is 3. The zero-order valence-electron chi connectivity index (χ0n) is 11.4. The summed E-state index contributed by atoms with van der Waals surface area (Å²) in [5, 5.41) is 8.96. The number of rotatable bonds is 4. The molecule has 6 heteroatoms. The molecule has 1 aliphatic rings. The van der Waals surface area contributed by atoms with Crippen molar-refractivity contribution >= 4 is 5.97 Å². The van der Waals surface area contributed by atoms with Crippen molar-refractivity contribution in [3.05, 3.63) is 35.4 Å². The lowest BCUT2D eigenvalue weighted by molar-refractivity contribution is -0.143. The van der Waals surface area contributed by atoms with Gasteiger partial charge in [0.05, 0.1) is 0 Å². The Morgan fingerprint density at radius 1 is 1.20 bits per heavy atom. The maximum atomic E-state index is 13.1. The van der Waals surface area contributed by atoms with E-state index in [1.54, 1.807) is 6.92 Å². The van der Waals surface area contributed by atoms with Gasteiger partial charge in [-0.1, -0.05) is 0 Å². The van der Waals surface area contributed by atoms with Crippen LogP contribution in [-0.2, 0) is 11.3 Å². The Morgan fingerprint density at radius 2 is 1.75 bits per heavy atom. The fraction of sp³-hybridized carbons (Fsp3) is 0.500. The lowest BCUT2D eigenvalue weighted by Gasteiger charge is -2.36. The van der Waals surface area contributed by atoms with Crippen LogP contribution in [0.4, 0.5) is 8.78 Å². The molecule has 0 spiro atoms. The van der Waals surface area contributed by atoms with E-state index >= 15 is 0 Å². The van der Waals surface area contributed by atoms with Crippen molar-refractivity contribution in [2.45, 2.75) is 19.5 Å². The first kappa shape index (κ1) is 14.9. The van der Waals surface area contributed by atoms with Crippen LogP contribution in [-0.4, -0.2) is 53.1 Å². The molecule has 1 N–H and O–H groups in total. The minimum absolute atomic E-state index is 0.476. The third-order valence-corrected chi connectivity index (χ3v) is 3.64. The Hall–Kier alpha value is -1.53. The van der Waals surface area contributed by atoms with Crippen LogP contribution in [0.1, 0.15) is 12.5 Å². The average Bonchev–Trinajstić information content (AvgIpc) is 2.37. The fourth-order valence-electron chi connectivity index (χ4n) is 2.43. The normalized spacial score (nSPS) is 18.9. The Balaban J connectivity index is 1.89. The van der Waals surface area contributed by atoms with Crippen molar-refractivity contribution in [1.82, 2.24) is 9.80 Å². The minimum Gasteiger partial charge on any atom is -0.480 e. The van der Waals surface area contributed by atoms with Crippen molar-refractivity contribution in [2.24, 2.45) is 0 Å². The molecule has 1 saturated heterocycles. The summed E-state index contributed by atoms with van der Waals surface area (Å²) in [7, 11) is 0. The maximum Gasteiger partial charge on any atom is 0.320 e. The summed E-state index contributed by atoms with van der Waals surface area (Å²) in [6.45, 7) is 4.81. The standard InChI is InChI=1S/C14H18F2N2O2/c1-10(14(19)20)18-4-2-17(3-5-18)9-11-6-12(15)8-13(16)7-11/h6-8,10H,2-5,9H2,1H3,(H,19,20). The van der Waals surface area contributed by atoms with Gasteiger partial charge >= 0.3 is 5.97 Å². The molecule has 0 radical (unpaired) electrons. The molecule has 0 saturated carbocycles. The monoisotopic (exact) mass is 284 g/mol. The first-order valence-electron chi connectivity index (χ1n) is 6.60. The number of carboxylic acids is 1. The molecule has 1 heterocycles. The molecule has 2 rings (SSSR count). The van der Waals surface area contributed by atoms with E-state index in [9.17, 15) is 13.6 Å². The van der Waals surface area contributed by atoms with Gasteiger partial charge in [-0.2, -0.15) is 0 Å². The highest BCUT2D eigenvalue weighted by Gasteiger charge is 2.25. The molecule has 0 aromatic heterocycles. The van der Waals surface area contributed by atoms with Crippen LogP contribution in [0.3, 0.4) is 0 Å². The van der Waals surface area contributed by atoms with Gasteiger partial charge in [0, 0.05) is 38.8 Å². The molecule has 1 fully saturated rings. The Morgan fingerprint density at radius 3 is 2.25 bits per heavy atom. The highest BCUT2D eigenvalue weighted by Crippen LogP contribution is 2.13. The second kappa shape index (κ2) is 6.28. The summed E-state index contributed by atoms with van der Waals surface area (Å²) < 4.78 is 26.2. The molecule has 4 nitrogen and oxygen atoms in total. The van der Waals surface area contributed by atoms with Gasteiger partial charge in [-0.15, -0.1) is 0 Å². The Labute approximate surface area is 116 Å². The lowest BCUT2D eigenvalue weighted by Crippen LogP contribution is -2.51. The number of aliphatic carboxylic acids is 1. The number of benzene rings is 1. The highest BCUT2D eigenvalue weighted by atomic mass is 19.1. The summed E-state index contributed by atoms with van der Waals surface area (Å²) in [5.74, 6) is -1.97. The van der Waals surface area contributed by atoms with Gasteiger partial charge in [-0.25, -0.2) is 8.78 Å². The maximum absolute atomic E-state index is 13.1. The number of piperazine rings is 1. The molecule has 0 aliphatic carbocycles. The minimum atomic E-state index is -0.828. The molecule has 0 bridgehead atoms. The molecule has 110 valence electrons. The SMILES string of the molecule is CC(C(=O)O)N1CCN(Cc2cc(F)cc(F)c2)CC1. The van der Waals surface area contributed by atoms with Gasteiger partial charge in [0.1, 0.15) is 17.7 Å². The van der Waals surface area contributed by atoms with Crippen molar-refractivity contribution in [1.29, 1.82) is 0 Å². The average molecular weight is 284 g/mol. The van der Waals surface area contributed by atoms with Gasteiger partial charge in [0.25, 0.3) is 0 Å². The third-order valence-electron chi connectivity index (χ3n) is 3.64. The van der Waals surface area contributed by atoms with Crippen LogP contribution in [0.5, 0.6) is 0 Å². The largest absolute Gasteiger partial charge is 0.480 e. The van der Waals surface area contributed by atoms with Crippen molar-refractivity contribution < 1.29 is 18.7 Å². The zero-order chi connectivity index (χ0) is 14.7. The van der Waals surface area contributed by atoms with E-state index < -0.39 is 23.6 Å². The van der Waals surface area contributed by atoms with Crippen LogP contribution in [0.2, 0.25) is 0 Å². The van der Waals surface area contributed by atoms with Gasteiger partial charge in [-0.3, -0.25) is 14.6 Å². The molecule has 1 aromatic rings. The lowest BCUT2D eigenvalue weighted by atomic mass is 10.1. The van der Waals surface area contributed by atoms with Crippen LogP contribution in [0, 0.1) is 11.6 Å². The third kappa shape index (κ3) is 3.74. The van der Waals surface area contributed by atoms with E-state index in [1.807, 2.05) is 4.90 Å². The second-order valence-corrected chi connectivity index (χ2v) is 5.10. The van der Waals surface area contributed by atoms with Crippen LogP contribution >= 0.6 is 0 Å². The number of nitrogens with zero attached hydrogens (tertiary/aromatic N) is 2. The summed E-state index contributed by atoms with van der Waals surface area (Å²) >= 11 is 0. The summed E-state index contributed by atoms with van der Waals surface area (Å²) in [6, 6.07) is 3.02. The molecule has 0 amide bonds. The van der Waals surface area contributed by atoms with E-state index in [4.69, 9.17) is 5.11 Å². The van der Waals surface area contributed by atoms with Crippen LogP contribution < -0.4 is 0 Å². The molecule has 1 aliphatic heterocycles. The van der Waals surface area contributed by atoms with Crippen LogP contribution in [0.25, 0.3) is 0 Å². The molecule has 20 heavy (non-hydrogen) atoms. The first-order valence-corrected chi connectivity index (χ1v) is 6.60. The fourth-order valence-corrected chi connectivity index (χ4v) is 2.43. The molecule has 1 unspecified atom stereocenters. The van der Waals surface area contributed by atoms with E-state index in [2.05, 4.69) is 4.90 Å². The van der Waals surface area contributed by atoms with Gasteiger partial charge in [0.2, 0.25) is 0 Å². The predicted octanol–water partition coefficient (Wildman–Crippen LogP) is 1.56. The number of hydrogen-bond donors (Lipinski definition) is 1. The quantitative estimate of drug-likeness (QED) is 0.911. The molecule has 1 aromatic carbocycles. The van der Waals surface area contributed by atoms with Crippen molar-refractivity contribution in [2.75, 3.05) is 26.2 Å². The second-order valence-electron chi connectivity index (χ2n) is 5.10. The van der Waals surface area contributed by atoms with Gasteiger partial charge in [0.15, 0.2) is 0 Å². The number of carbonyl (C=O) groups is 1. The van der Waals surface area contributed by atoms with Gasteiger partial charge in [-0.05, 0) is 24.6 Å². The highest BCUT2D eigenvalue weighted by molar-refractivity contribution is 5.72. The summed E-state index contributed by atoms with van der Waals surface area (Å²) in [6.07, 6.45) is 0. The summed E-state index contributed by atoms with van der Waals surface area (Å²) in [4.78, 5) is 14.9. The zero-order valence-corrected chi connectivity index (χ0v) is 11.4. The first-order chi connectivity index (χ1) is 9.45. The Kier molecular flexibility index (Phi) is 4.67. The summed E-state index contributed by atoms with van der Waals surface area (Å²) in [5.41, 5.74) is 0.599. The van der Waals surface area contributed by atoms with Crippen LogP contribution in [0.15, 0.2) is 18.2 Å². The smallest absolute Gasteiger partial charge is 0.320 e. The van der Waals surface area contributed by atoms with Crippen molar-refractivity contribution in [3.8, 4) is 0 Å². The topological polar surface area (TPSA) is 43.8 Å². The van der Waals surface area contributed by atoms with E-state index in [-0.39, 0.29) is 0 Å². The molecular weight excluding hydrogens is 266 g/mol. The molecule has 1 atom stereocenters. The molecular formula is C14H18F2N2O2. The van der Waals surface area contributed by atoms with E-state index in [0.717, 1.165) is 6.07 Å². The van der Waals surface area contributed by atoms with Crippen molar-refractivity contribution in [3.63, 3.8) is 0 Å². The number of carboxylic acid groups (broad SMARTS) is 1. The Bertz CT molecular complexity index is 468. The predicted molar refractivity (Wildman–Crippen MR) is 70.3 cm³/mol. The number of halogens is 2. The van der Waals surface area contributed by atoms with E-state index in [1.165, 1.54) is 12.1 Å².